The Morgan fingerprint density at radius 1 is 1.13 bits per heavy atom. The fraction of sp³-hybridized carbons (Fsp3) is 0.455. The number of unbranched alkanes of at least 4 members (excludes halogenated alkanes) is 1. The average molecular weight is 212 g/mol. The number of carbonyl (C=O) groups excluding carboxylic acids is 2. The maximum atomic E-state index is 10.8. The molecule has 0 aliphatic heterocycles. The molecule has 0 aromatic rings. The van der Waals surface area contributed by atoms with E-state index in [0.717, 1.165) is 6.08 Å². The first kappa shape index (κ1) is 13.4. The van der Waals surface area contributed by atoms with Crippen molar-refractivity contribution in [3.63, 3.8) is 0 Å². The Kier molecular flexibility index (Phi) is 8.05. The number of hydrogen-bond donors (Lipinski definition) is 0. The van der Waals surface area contributed by atoms with Gasteiger partial charge < -0.3 is 9.47 Å². The monoisotopic (exact) mass is 212 g/mol. The molecule has 0 amide bonds. The molecular weight excluding hydrogens is 196 g/mol. The van der Waals surface area contributed by atoms with E-state index in [1.165, 1.54) is 6.08 Å². The molecule has 0 saturated carbocycles. The number of hydrogen-bond acceptors (Lipinski definition) is 4. The Morgan fingerprint density at radius 2 is 1.67 bits per heavy atom. The van der Waals surface area contributed by atoms with Gasteiger partial charge in [0.15, 0.2) is 0 Å². The summed E-state index contributed by atoms with van der Waals surface area (Å²) < 4.78 is 9.56. The van der Waals surface area contributed by atoms with E-state index in [2.05, 4.69) is 6.58 Å². The van der Waals surface area contributed by atoms with Crippen LogP contribution in [0.3, 0.4) is 0 Å². The van der Waals surface area contributed by atoms with E-state index in [1.807, 2.05) is 0 Å². The zero-order chi connectivity index (χ0) is 11.5. The fourth-order valence-electron chi connectivity index (χ4n) is 0.793. The third-order valence-corrected chi connectivity index (χ3v) is 1.50. The molecule has 0 aromatic carbocycles. The smallest absolute Gasteiger partial charge is 0.330 e. The van der Waals surface area contributed by atoms with Gasteiger partial charge in [-0.25, -0.2) is 9.59 Å². The minimum Gasteiger partial charge on any atom is -0.463 e. The van der Waals surface area contributed by atoms with Crippen LogP contribution in [-0.4, -0.2) is 25.2 Å². The molecule has 0 aliphatic carbocycles. The number of esters is 2. The summed E-state index contributed by atoms with van der Waals surface area (Å²) in [6, 6.07) is 0. The van der Waals surface area contributed by atoms with Crippen molar-refractivity contribution in [2.45, 2.75) is 19.8 Å². The Balaban J connectivity index is 3.28. The molecule has 0 aromatic heterocycles. The van der Waals surface area contributed by atoms with Gasteiger partial charge in [0.1, 0.15) is 0 Å². The highest BCUT2D eigenvalue weighted by Gasteiger charge is 1.97. The summed E-state index contributed by atoms with van der Waals surface area (Å²) in [6.07, 6.45) is 5.44. The summed E-state index contributed by atoms with van der Waals surface area (Å²) in [5, 5.41) is 0. The van der Waals surface area contributed by atoms with E-state index in [1.54, 1.807) is 13.0 Å². The van der Waals surface area contributed by atoms with Crippen molar-refractivity contribution in [3.8, 4) is 0 Å². The molecule has 0 atom stereocenters. The Morgan fingerprint density at radius 3 is 2.13 bits per heavy atom. The standard InChI is InChI=1S/C11H16O4/c1-3-7-11(13)15-9-6-5-8-14-10(12)4-2/h3-4,7H,2,5-6,8-9H2,1H3. The van der Waals surface area contributed by atoms with Crippen molar-refractivity contribution in [2.75, 3.05) is 13.2 Å². The summed E-state index contributed by atoms with van der Waals surface area (Å²) in [6.45, 7) is 5.68. The molecule has 15 heavy (non-hydrogen) atoms. The van der Waals surface area contributed by atoms with Crippen molar-refractivity contribution < 1.29 is 19.1 Å². The largest absolute Gasteiger partial charge is 0.463 e. The summed E-state index contributed by atoms with van der Waals surface area (Å²) in [7, 11) is 0. The van der Waals surface area contributed by atoms with E-state index in [0.29, 0.717) is 26.1 Å². The zero-order valence-corrected chi connectivity index (χ0v) is 8.90. The number of rotatable bonds is 7. The van der Waals surface area contributed by atoms with Crippen LogP contribution >= 0.6 is 0 Å². The van der Waals surface area contributed by atoms with Gasteiger partial charge in [-0.2, -0.15) is 0 Å². The predicted octanol–water partition coefficient (Wildman–Crippen LogP) is 1.62. The van der Waals surface area contributed by atoms with Crippen LogP contribution in [0, 0.1) is 0 Å². The van der Waals surface area contributed by atoms with Gasteiger partial charge in [0.05, 0.1) is 13.2 Å². The van der Waals surface area contributed by atoms with Gasteiger partial charge >= 0.3 is 11.9 Å². The zero-order valence-electron chi connectivity index (χ0n) is 8.90. The number of carbonyl (C=O) groups is 2. The quantitative estimate of drug-likeness (QED) is 0.365. The van der Waals surface area contributed by atoms with Gasteiger partial charge in [-0.3, -0.25) is 0 Å². The van der Waals surface area contributed by atoms with Crippen LogP contribution in [0.1, 0.15) is 19.8 Å². The molecule has 4 heteroatoms. The first-order valence-electron chi connectivity index (χ1n) is 4.79. The maximum Gasteiger partial charge on any atom is 0.330 e. The lowest BCUT2D eigenvalue weighted by atomic mass is 10.3. The molecule has 0 aliphatic rings. The molecule has 0 saturated heterocycles. The minimum atomic E-state index is -0.430. The third-order valence-electron chi connectivity index (χ3n) is 1.50. The molecule has 0 N–H and O–H groups in total. The van der Waals surface area contributed by atoms with Gasteiger partial charge in [0.25, 0.3) is 0 Å². The van der Waals surface area contributed by atoms with Crippen LogP contribution < -0.4 is 0 Å². The molecular formula is C11H16O4. The molecule has 0 radical (unpaired) electrons. The van der Waals surface area contributed by atoms with E-state index in [9.17, 15) is 9.59 Å². The fourth-order valence-corrected chi connectivity index (χ4v) is 0.793. The van der Waals surface area contributed by atoms with Crippen LogP contribution in [0.2, 0.25) is 0 Å². The highest BCUT2D eigenvalue weighted by Crippen LogP contribution is 1.93. The SMILES string of the molecule is C=CC(=O)OCCCCOC(=O)C=CC. The van der Waals surface area contributed by atoms with Crippen molar-refractivity contribution >= 4 is 11.9 Å². The van der Waals surface area contributed by atoms with Crippen LogP contribution in [0.5, 0.6) is 0 Å². The second-order valence-electron chi connectivity index (χ2n) is 2.75. The third kappa shape index (κ3) is 8.74. The summed E-state index contributed by atoms with van der Waals surface area (Å²) in [5.74, 6) is -0.776. The Hall–Kier alpha value is -1.58. The van der Waals surface area contributed by atoms with E-state index in [-0.39, 0.29) is 5.97 Å². The summed E-state index contributed by atoms with van der Waals surface area (Å²) in [5.41, 5.74) is 0. The van der Waals surface area contributed by atoms with Crippen molar-refractivity contribution in [2.24, 2.45) is 0 Å². The highest BCUT2D eigenvalue weighted by molar-refractivity contribution is 5.81. The molecule has 84 valence electrons. The Bertz CT molecular complexity index is 243. The average Bonchev–Trinajstić information content (AvgIpc) is 2.23. The molecule has 4 nitrogen and oxygen atoms in total. The van der Waals surface area contributed by atoms with Crippen LogP contribution in [0.25, 0.3) is 0 Å². The van der Waals surface area contributed by atoms with Gasteiger partial charge in [-0.05, 0) is 19.8 Å². The van der Waals surface area contributed by atoms with Gasteiger partial charge in [-0.1, -0.05) is 12.7 Å². The molecule has 0 unspecified atom stereocenters. The van der Waals surface area contributed by atoms with Gasteiger partial charge in [0.2, 0.25) is 0 Å². The van der Waals surface area contributed by atoms with Crippen molar-refractivity contribution in [1.29, 1.82) is 0 Å². The lowest BCUT2D eigenvalue weighted by Gasteiger charge is -2.02. The summed E-state index contributed by atoms with van der Waals surface area (Å²) in [4.78, 5) is 21.4. The topological polar surface area (TPSA) is 52.6 Å². The van der Waals surface area contributed by atoms with Crippen molar-refractivity contribution in [1.82, 2.24) is 0 Å². The molecule has 0 spiro atoms. The first-order chi connectivity index (χ1) is 7.20. The number of allylic oxidation sites excluding steroid dienone is 1. The molecule has 0 rings (SSSR count). The maximum absolute atomic E-state index is 10.8. The Labute approximate surface area is 89.6 Å². The van der Waals surface area contributed by atoms with Crippen LogP contribution in [-0.2, 0) is 19.1 Å². The van der Waals surface area contributed by atoms with Crippen LogP contribution in [0.15, 0.2) is 24.8 Å². The van der Waals surface area contributed by atoms with E-state index >= 15 is 0 Å². The van der Waals surface area contributed by atoms with Crippen molar-refractivity contribution in [3.05, 3.63) is 24.8 Å². The predicted molar refractivity (Wildman–Crippen MR) is 56.2 cm³/mol. The molecule has 0 fully saturated rings. The number of ether oxygens (including phenoxy) is 2. The first-order valence-corrected chi connectivity index (χ1v) is 4.79. The lowest BCUT2D eigenvalue weighted by Crippen LogP contribution is -2.05. The second kappa shape index (κ2) is 8.99. The van der Waals surface area contributed by atoms with E-state index < -0.39 is 5.97 Å². The molecule has 0 bridgehead atoms. The van der Waals surface area contributed by atoms with Gasteiger partial charge in [-0.15, -0.1) is 0 Å². The summed E-state index contributed by atoms with van der Waals surface area (Å²) >= 11 is 0. The highest BCUT2D eigenvalue weighted by atomic mass is 16.5. The van der Waals surface area contributed by atoms with Gasteiger partial charge in [0, 0.05) is 12.2 Å². The van der Waals surface area contributed by atoms with Crippen LogP contribution in [0.4, 0.5) is 0 Å². The normalized spacial score (nSPS) is 9.93. The second-order valence-corrected chi connectivity index (χ2v) is 2.75. The van der Waals surface area contributed by atoms with E-state index in [4.69, 9.17) is 9.47 Å². The molecule has 0 heterocycles. The minimum absolute atomic E-state index is 0.325. The lowest BCUT2D eigenvalue weighted by molar-refractivity contribution is -0.140.